The molecule has 2 atom stereocenters. The van der Waals surface area contributed by atoms with Gasteiger partial charge in [-0.1, -0.05) is 25.5 Å². The van der Waals surface area contributed by atoms with Crippen LogP contribution in [0.4, 0.5) is 0 Å². The van der Waals surface area contributed by atoms with Crippen molar-refractivity contribution in [3.05, 3.63) is 29.8 Å². The molecule has 1 N–H and O–H groups in total. The normalized spacial score (nSPS) is 22.6. The van der Waals surface area contributed by atoms with E-state index in [1.165, 1.54) is 6.42 Å². The van der Waals surface area contributed by atoms with Crippen LogP contribution in [0.15, 0.2) is 29.2 Å². The molecule has 5 heteroatoms. The monoisotopic (exact) mass is 292 g/mol. The highest BCUT2D eigenvalue weighted by Crippen LogP contribution is 2.29. The van der Waals surface area contributed by atoms with Crippen LogP contribution in [0.5, 0.6) is 0 Å². The summed E-state index contributed by atoms with van der Waals surface area (Å²) in [5.41, 5.74) is 0.830. The largest absolute Gasteiger partial charge is 0.240 e. The summed E-state index contributed by atoms with van der Waals surface area (Å²) in [6.45, 7) is 2.73. The van der Waals surface area contributed by atoms with Gasteiger partial charge in [-0.15, -0.1) is 0 Å². The van der Waals surface area contributed by atoms with Gasteiger partial charge in [0, 0.05) is 6.54 Å². The number of hydrogen-bond acceptors (Lipinski definition) is 3. The maximum absolute atomic E-state index is 12.2. The molecule has 0 amide bonds. The fourth-order valence-corrected chi connectivity index (χ4v) is 3.82. The Bertz CT molecular complexity index is 587. The molecule has 0 aromatic heterocycles. The van der Waals surface area contributed by atoms with Crippen LogP contribution >= 0.6 is 0 Å². The van der Waals surface area contributed by atoms with Crippen molar-refractivity contribution in [1.82, 2.24) is 4.72 Å². The van der Waals surface area contributed by atoms with E-state index in [1.54, 1.807) is 24.3 Å². The van der Waals surface area contributed by atoms with Gasteiger partial charge >= 0.3 is 0 Å². The van der Waals surface area contributed by atoms with Crippen LogP contribution in [0.3, 0.4) is 0 Å². The molecule has 0 radical (unpaired) electrons. The molecule has 1 aromatic rings. The van der Waals surface area contributed by atoms with E-state index in [9.17, 15) is 8.42 Å². The Kier molecular flexibility index (Phi) is 4.79. The maximum atomic E-state index is 12.2. The highest BCUT2D eigenvalue weighted by atomic mass is 32.2. The lowest BCUT2D eigenvalue weighted by Gasteiger charge is -2.12. The Morgan fingerprint density at radius 3 is 2.55 bits per heavy atom. The van der Waals surface area contributed by atoms with E-state index in [0.717, 1.165) is 18.4 Å². The van der Waals surface area contributed by atoms with Gasteiger partial charge in [0.25, 0.3) is 0 Å². The van der Waals surface area contributed by atoms with Gasteiger partial charge in [0.1, 0.15) is 0 Å². The molecule has 2 unspecified atom stereocenters. The molecule has 0 saturated heterocycles. The second-order valence-corrected chi connectivity index (χ2v) is 7.38. The van der Waals surface area contributed by atoms with Crippen LogP contribution in [-0.4, -0.2) is 15.0 Å². The van der Waals surface area contributed by atoms with Crippen molar-refractivity contribution in [2.24, 2.45) is 11.8 Å². The fourth-order valence-electron chi connectivity index (χ4n) is 2.70. The number of rotatable bonds is 5. The Balaban J connectivity index is 1.97. The van der Waals surface area contributed by atoms with E-state index in [2.05, 4.69) is 11.6 Å². The first-order valence-corrected chi connectivity index (χ1v) is 8.45. The summed E-state index contributed by atoms with van der Waals surface area (Å²) < 4.78 is 27.0. The summed E-state index contributed by atoms with van der Waals surface area (Å²) in [5, 5.41) is 8.60. The molecular weight excluding hydrogens is 272 g/mol. The molecule has 0 spiro atoms. The Morgan fingerprint density at radius 1 is 1.30 bits per heavy atom. The van der Waals surface area contributed by atoms with E-state index in [-0.39, 0.29) is 4.90 Å². The molecule has 0 bridgehead atoms. The third-order valence-corrected chi connectivity index (χ3v) is 5.32. The van der Waals surface area contributed by atoms with Gasteiger partial charge in [0.05, 0.1) is 17.4 Å². The minimum absolute atomic E-state index is 0.269. The molecule has 108 valence electrons. The van der Waals surface area contributed by atoms with E-state index < -0.39 is 10.0 Å². The average Bonchev–Trinajstić information content (AvgIpc) is 2.84. The summed E-state index contributed by atoms with van der Waals surface area (Å²) in [7, 11) is -3.43. The zero-order valence-electron chi connectivity index (χ0n) is 11.7. The molecule has 1 aromatic carbocycles. The Hall–Kier alpha value is -1.38. The van der Waals surface area contributed by atoms with Crippen molar-refractivity contribution in [1.29, 1.82) is 5.26 Å². The standard InChI is InChI=1S/C15H20N2O2S/c1-12-2-3-14(10-12)11-17-20(18,19)15-6-4-13(5-7-15)8-9-16/h4-7,12,14,17H,2-3,8,10-11H2,1H3. The highest BCUT2D eigenvalue weighted by Gasteiger charge is 2.23. The van der Waals surface area contributed by atoms with Gasteiger partial charge in [-0.25, -0.2) is 13.1 Å². The molecule has 1 saturated carbocycles. The van der Waals surface area contributed by atoms with Gasteiger partial charge in [0.15, 0.2) is 0 Å². The van der Waals surface area contributed by atoms with Crippen LogP contribution < -0.4 is 4.72 Å². The SMILES string of the molecule is CC1CCC(CNS(=O)(=O)c2ccc(CC#N)cc2)C1. The minimum Gasteiger partial charge on any atom is -0.211 e. The van der Waals surface area contributed by atoms with Gasteiger partial charge in [-0.05, 0) is 42.4 Å². The summed E-state index contributed by atoms with van der Waals surface area (Å²) in [6, 6.07) is 8.55. The lowest BCUT2D eigenvalue weighted by Crippen LogP contribution is -2.28. The average molecular weight is 292 g/mol. The van der Waals surface area contributed by atoms with Crippen LogP contribution in [0.25, 0.3) is 0 Å². The number of nitriles is 1. The third kappa shape index (κ3) is 3.81. The molecule has 1 fully saturated rings. The first-order valence-electron chi connectivity index (χ1n) is 6.97. The number of hydrogen-bond donors (Lipinski definition) is 1. The van der Waals surface area contributed by atoms with Gasteiger partial charge in [-0.2, -0.15) is 5.26 Å². The zero-order chi connectivity index (χ0) is 14.6. The van der Waals surface area contributed by atoms with Crippen molar-refractivity contribution in [3.8, 4) is 6.07 Å². The highest BCUT2D eigenvalue weighted by molar-refractivity contribution is 7.89. The molecule has 2 rings (SSSR count). The molecule has 4 nitrogen and oxygen atoms in total. The Morgan fingerprint density at radius 2 is 2.00 bits per heavy atom. The first kappa shape index (κ1) is 15.0. The fraction of sp³-hybridized carbons (Fsp3) is 0.533. The van der Waals surface area contributed by atoms with Gasteiger partial charge in [-0.3, -0.25) is 0 Å². The van der Waals surface area contributed by atoms with E-state index in [0.29, 0.717) is 24.8 Å². The predicted molar refractivity (Wildman–Crippen MR) is 77.5 cm³/mol. The zero-order valence-corrected chi connectivity index (χ0v) is 12.5. The van der Waals surface area contributed by atoms with Crippen molar-refractivity contribution >= 4 is 10.0 Å². The molecular formula is C15H20N2O2S. The lowest BCUT2D eigenvalue weighted by molar-refractivity contribution is 0.498. The second-order valence-electron chi connectivity index (χ2n) is 5.61. The van der Waals surface area contributed by atoms with Crippen molar-refractivity contribution in [2.75, 3.05) is 6.54 Å². The number of benzene rings is 1. The second kappa shape index (κ2) is 6.38. The van der Waals surface area contributed by atoms with Gasteiger partial charge in [0.2, 0.25) is 10.0 Å². The molecule has 1 aliphatic carbocycles. The van der Waals surface area contributed by atoms with E-state index in [4.69, 9.17) is 5.26 Å². The molecule has 0 heterocycles. The van der Waals surface area contributed by atoms with E-state index >= 15 is 0 Å². The summed E-state index contributed by atoms with van der Waals surface area (Å²) in [6.07, 6.45) is 3.69. The van der Waals surface area contributed by atoms with Gasteiger partial charge < -0.3 is 0 Å². The quantitative estimate of drug-likeness (QED) is 0.906. The summed E-state index contributed by atoms with van der Waals surface area (Å²) in [5.74, 6) is 1.16. The molecule has 1 aliphatic rings. The van der Waals surface area contributed by atoms with Crippen molar-refractivity contribution in [2.45, 2.75) is 37.5 Å². The van der Waals surface area contributed by atoms with Crippen molar-refractivity contribution in [3.63, 3.8) is 0 Å². The lowest BCUT2D eigenvalue weighted by atomic mass is 10.1. The topological polar surface area (TPSA) is 70.0 Å². The Labute approximate surface area is 120 Å². The molecule has 20 heavy (non-hydrogen) atoms. The van der Waals surface area contributed by atoms with E-state index in [1.807, 2.05) is 6.07 Å². The van der Waals surface area contributed by atoms with Crippen LogP contribution in [0.2, 0.25) is 0 Å². The molecule has 0 aliphatic heterocycles. The van der Waals surface area contributed by atoms with Crippen molar-refractivity contribution < 1.29 is 8.42 Å². The number of sulfonamides is 1. The third-order valence-electron chi connectivity index (χ3n) is 3.88. The van der Waals surface area contributed by atoms with Crippen LogP contribution in [0.1, 0.15) is 31.7 Å². The van der Waals surface area contributed by atoms with Crippen LogP contribution in [-0.2, 0) is 16.4 Å². The summed E-state index contributed by atoms with van der Waals surface area (Å²) >= 11 is 0. The number of nitrogens with zero attached hydrogens (tertiary/aromatic N) is 1. The maximum Gasteiger partial charge on any atom is 0.240 e. The number of nitrogens with one attached hydrogen (secondary N) is 1. The minimum atomic E-state index is -3.43. The predicted octanol–water partition coefficient (Wildman–Crippen LogP) is 2.47. The first-order chi connectivity index (χ1) is 9.51. The smallest absolute Gasteiger partial charge is 0.211 e. The summed E-state index contributed by atoms with van der Waals surface area (Å²) in [4.78, 5) is 0.269. The van der Waals surface area contributed by atoms with Crippen LogP contribution in [0, 0.1) is 23.2 Å².